The Hall–Kier alpha value is -4.47. The van der Waals surface area contributed by atoms with Crippen LogP contribution in [0.5, 0.6) is 5.75 Å². The zero-order valence-corrected chi connectivity index (χ0v) is 25.3. The van der Waals surface area contributed by atoms with E-state index in [1.165, 1.54) is 61.7 Å². The predicted molar refractivity (Wildman–Crippen MR) is 159 cm³/mol. The van der Waals surface area contributed by atoms with E-state index in [-0.39, 0.29) is 30.6 Å². The predicted octanol–water partition coefficient (Wildman–Crippen LogP) is 3.63. The zero-order chi connectivity index (χ0) is 32.6. The van der Waals surface area contributed by atoms with Crippen LogP contribution in [-0.2, 0) is 26.3 Å². The van der Waals surface area contributed by atoms with Crippen LogP contribution in [0.15, 0.2) is 54.6 Å². The minimum atomic E-state index is -3.70. The Bertz CT molecular complexity index is 1620. The number of hydrogen-bond donors (Lipinski definition) is 2. The summed E-state index contributed by atoms with van der Waals surface area (Å²) in [6, 6.07) is 11.4. The van der Waals surface area contributed by atoms with Crippen molar-refractivity contribution in [3.8, 4) is 17.0 Å². The minimum Gasteiger partial charge on any atom is -0.426 e. The number of carbonyl (C=O) groups excluding carboxylic acids is 1. The topological polar surface area (TPSA) is 182 Å². The average Bonchev–Trinajstić information content (AvgIpc) is 2.94. The quantitative estimate of drug-likeness (QED) is 0.115. The molecule has 1 heterocycles. The van der Waals surface area contributed by atoms with Gasteiger partial charge in [-0.15, -0.1) is 10.1 Å². The molecule has 0 spiro atoms. The highest BCUT2D eigenvalue weighted by Gasteiger charge is 2.23. The molecule has 236 valence electrons. The highest BCUT2D eigenvalue weighted by molar-refractivity contribution is 7.92. The van der Waals surface area contributed by atoms with Gasteiger partial charge in [-0.1, -0.05) is 38.1 Å². The molecule has 3 rings (SSSR count). The molecular weight excluding hydrogens is 599 g/mol. The smallest absolute Gasteiger partial charge is 0.313 e. The van der Waals surface area contributed by atoms with Crippen LogP contribution in [-0.4, -0.2) is 65.2 Å². The minimum absolute atomic E-state index is 0.0852. The van der Waals surface area contributed by atoms with Gasteiger partial charge in [0.25, 0.3) is 5.09 Å². The van der Waals surface area contributed by atoms with E-state index in [0.717, 1.165) is 10.6 Å². The van der Waals surface area contributed by atoms with Gasteiger partial charge in [-0.25, -0.2) is 27.1 Å². The summed E-state index contributed by atoms with van der Waals surface area (Å²) in [5.41, 5.74) is 2.08. The number of aromatic nitrogens is 2. The SMILES string of the molecule is CC(C)c1nc(N(C)S(C)(=O)=O)nc(-c2ccc(F)cc2)c1/C=C/[C@@H](O)C[C@@H](O)CC(=O)Oc1cccc(CO[N+](=O)[O-])c1. The average molecular weight is 633 g/mol. The highest BCUT2D eigenvalue weighted by Crippen LogP contribution is 2.32. The second kappa shape index (κ2) is 14.8. The van der Waals surface area contributed by atoms with Gasteiger partial charge in [-0.2, -0.15) is 0 Å². The summed E-state index contributed by atoms with van der Waals surface area (Å²) < 4.78 is 44.2. The maximum Gasteiger partial charge on any atom is 0.313 e. The van der Waals surface area contributed by atoms with Crippen molar-refractivity contribution in [1.82, 2.24) is 9.97 Å². The molecule has 44 heavy (non-hydrogen) atoms. The molecule has 0 saturated carbocycles. The van der Waals surface area contributed by atoms with Crippen molar-refractivity contribution >= 4 is 28.0 Å². The second-order valence-corrected chi connectivity index (χ2v) is 12.2. The first-order valence-electron chi connectivity index (χ1n) is 13.4. The van der Waals surface area contributed by atoms with E-state index >= 15 is 0 Å². The lowest BCUT2D eigenvalue weighted by Crippen LogP contribution is -2.27. The van der Waals surface area contributed by atoms with Crippen molar-refractivity contribution in [2.75, 3.05) is 17.6 Å². The summed E-state index contributed by atoms with van der Waals surface area (Å²) in [5.74, 6) is -1.46. The Morgan fingerprint density at radius 1 is 1.16 bits per heavy atom. The van der Waals surface area contributed by atoms with Gasteiger partial charge in [0.2, 0.25) is 16.0 Å². The number of nitrogens with zero attached hydrogens (tertiary/aromatic N) is 4. The number of aliphatic hydroxyl groups is 2. The van der Waals surface area contributed by atoms with E-state index in [2.05, 4.69) is 14.8 Å². The van der Waals surface area contributed by atoms with Crippen LogP contribution in [0.2, 0.25) is 0 Å². The first kappa shape index (κ1) is 34.0. The van der Waals surface area contributed by atoms with Crippen molar-refractivity contribution in [2.45, 2.75) is 51.4 Å². The molecular formula is C29H33FN4O9S. The Morgan fingerprint density at radius 3 is 2.45 bits per heavy atom. The summed E-state index contributed by atoms with van der Waals surface area (Å²) in [4.78, 5) is 36.0. The maximum atomic E-state index is 13.7. The molecule has 13 nitrogen and oxygen atoms in total. The van der Waals surface area contributed by atoms with Crippen molar-refractivity contribution in [2.24, 2.45) is 0 Å². The molecule has 15 heteroatoms. The van der Waals surface area contributed by atoms with Gasteiger partial charge in [0.05, 0.1) is 36.3 Å². The largest absolute Gasteiger partial charge is 0.426 e. The molecule has 0 saturated heterocycles. The fraction of sp³-hybridized carbons (Fsp3) is 0.345. The third-order valence-electron chi connectivity index (χ3n) is 6.27. The third-order valence-corrected chi connectivity index (χ3v) is 7.43. The van der Waals surface area contributed by atoms with Crippen LogP contribution >= 0.6 is 0 Å². The van der Waals surface area contributed by atoms with Gasteiger partial charge >= 0.3 is 5.97 Å². The van der Waals surface area contributed by atoms with E-state index in [1.54, 1.807) is 6.07 Å². The van der Waals surface area contributed by atoms with Crippen LogP contribution in [0.1, 0.15) is 49.4 Å². The molecule has 0 amide bonds. The van der Waals surface area contributed by atoms with E-state index in [4.69, 9.17) is 4.74 Å². The van der Waals surface area contributed by atoms with Crippen LogP contribution < -0.4 is 9.04 Å². The monoisotopic (exact) mass is 632 g/mol. The normalized spacial score (nSPS) is 13.1. The molecule has 0 fully saturated rings. The molecule has 1 aromatic heterocycles. The molecule has 0 aliphatic heterocycles. The van der Waals surface area contributed by atoms with Crippen LogP contribution in [0.4, 0.5) is 10.3 Å². The molecule has 0 unspecified atom stereocenters. The van der Waals surface area contributed by atoms with Gasteiger partial charge in [0, 0.05) is 24.6 Å². The van der Waals surface area contributed by atoms with Gasteiger partial charge in [0.1, 0.15) is 18.2 Å². The van der Waals surface area contributed by atoms with E-state index in [9.17, 15) is 37.9 Å². The number of halogens is 1. The molecule has 0 aliphatic carbocycles. The van der Waals surface area contributed by atoms with E-state index in [0.29, 0.717) is 28.1 Å². The summed E-state index contributed by atoms with van der Waals surface area (Å²) in [6.45, 7) is 3.35. The second-order valence-electron chi connectivity index (χ2n) is 10.2. The van der Waals surface area contributed by atoms with Crippen LogP contribution in [0.3, 0.4) is 0 Å². The lowest BCUT2D eigenvalue weighted by atomic mass is 9.97. The summed E-state index contributed by atoms with van der Waals surface area (Å²) in [7, 11) is -2.38. The van der Waals surface area contributed by atoms with Crippen molar-refractivity contribution in [3.63, 3.8) is 0 Å². The Labute approximate surface area is 253 Å². The Morgan fingerprint density at radius 2 is 1.84 bits per heavy atom. The molecule has 3 aromatic rings. The molecule has 2 atom stereocenters. The lowest BCUT2D eigenvalue weighted by Gasteiger charge is -2.20. The molecule has 0 bridgehead atoms. The van der Waals surface area contributed by atoms with Crippen molar-refractivity contribution < 1.29 is 42.5 Å². The van der Waals surface area contributed by atoms with Gasteiger partial charge in [0.15, 0.2) is 0 Å². The first-order valence-corrected chi connectivity index (χ1v) is 15.2. The number of ether oxygens (including phenoxy) is 1. The lowest BCUT2D eigenvalue weighted by molar-refractivity contribution is -0.763. The number of sulfonamides is 1. The van der Waals surface area contributed by atoms with Crippen molar-refractivity contribution in [3.05, 3.63) is 87.4 Å². The third kappa shape index (κ3) is 9.79. The molecule has 0 aliphatic rings. The fourth-order valence-electron chi connectivity index (χ4n) is 4.04. The highest BCUT2D eigenvalue weighted by atomic mass is 32.2. The maximum absolute atomic E-state index is 13.7. The van der Waals surface area contributed by atoms with Gasteiger partial charge in [-0.3, -0.25) is 4.79 Å². The number of benzene rings is 2. The van der Waals surface area contributed by atoms with Gasteiger partial charge in [-0.05, 0) is 47.9 Å². The summed E-state index contributed by atoms with van der Waals surface area (Å²) >= 11 is 0. The molecule has 0 radical (unpaired) electrons. The summed E-state index contributed by atoms with van der Waals surface area (Å²) in [5, 5.41) is 30.5. The van der Waals surface area contributed by atoms with E-state index < -0.39 is 45.5 Å². The fourth-order valence-corrected chi connectivity index (χ4v) is 4.41. The Kier molecular flexibility index (Phi) is 11.5. The number of esters is 1. The van der Waals surface area contributed by atoms with E-state index in [1.807, 2.05) is 13.8 Å². The number of carbonyl (C=O) groups is 1. The van der Waals surface area contributed by atoms with Crippen molar-refractivity contribution in [1.29, 1.82) is 0 Å². The first-order chi connectivity index (χ1) is 20.6. The number of rotatable bonds is 14. The molecule has 2 aromatic carbocycles. The van der Waals surface area contributed by atoms with Crippen LogP contribution in [0.25, 0.3) is 17.3 Å². The number of anilines is 1. The van der Waals surface area contributed by atoms with Gasteiger partial charge < -0.3 is 19.8 Å². The standard InChI is InChI=1S/C29H33FN4O9S/c1-18(2)27-25(28(20-8-10-21(30)11-9-20)32-29(31-27)33(3)44(4,40)41)13-12-22(35)15-23(36)16-26(37)43-24-7-5-6-19(14-24)17-42-34(38)39/h5-14,18,22-23,35-36H,15-17H2,1-4H3/b13-12+/t22-,23-/m1/s1. The summed E-state index contributed by atoms with van der Waals surface area (Å²) in [6.07, 6.45) is 0.734. The Balaban J connectivity index is 1.79. The number of hydrogen-bond acceptors (Lipinski definition) is 11. The van der Waals surface area contributed by atoms with Crippen LogP contribution in [0, 0.1) is 15.9 Å². The molecule has 2 N–H and O–H groups in total. The zero-order valence-electron chi connectivity index (χ0n) is 24.5. The number of aliphatic hydroxyl groups excluding tert-OH is 2.